The fourth-order valence-electron chi connectivity index (χ4n) is 0.597. The number of hydrogen-bond acceptors (Lipinski definition) is 3. The van der Waals surface area contributed by atoms with Gasteiger partial charge >= 0.3 is 20.5 Å². The van der Waals surface area contributed by atoms with Crippen molar-refractivity contribution in [2.75, 3.05) is 13.2 Å². The van der Waals surface area contributed by atoms with Crippen LogP contribution in [-0.2, 0) is 9.05 Å². The van der Waals surface area contributed by atoms with E-state index >= 15 is 0 Å². The summed E-state index contributed by atoms with van der Waals surface area (Å²) in [5.41, 5.74) is 0. The summed E-state index contributed by atoms with van der Waals surface area (Å²) in [6.45, 7) is 1.60. The molecule has 0 spiro atoms. The van der Waals surface area contributed by atoms with Crippen molar-refractivity contribution in [2.45, 2.75) is 32.0 Å². The van der Waals surface area contributed by atoms with Gasteiger partial charge in [0.1, 0.15) is 0 Å². The van der Waals surface area contributed by atoms with Crippen molar-refractivity contribution < 1.29 is 35.4 Å². The Balaban J connectivity index is 4.60. The molecule has 0 aromatic carbocycles. The van der Waals surface area contributed by atoms with Gasteiger partial charge in [-0.2, -0.15) is 26.3 Å². The molecule has 0 aromatic heterocycles. The maximum atomic E-state index is 11.9. The molecule has 0 bridgehead atoms. The van der Waals surface area contributed by atoms with Crippen LogP contribution in [-0.4, -0.2) is 33.8 Å². The second kappa shape index (κ2) is 6.31. The zero-order chi connectivity index (χ0) is 14.6. The molecule has 3 nitrogen and oxygen atoms in total. The lowest BCUT2D eigenvalue weighted by molar-refractivity contribution is -0.161. The fraction of sp³-hybridized carbons (Fsp3) is 1.00. The van der Waals surface area contributed by atoms with Crippen LogP contribution in [0.4, 0.5) is 26.3 Å². The lowest BCUT2D eigenvalue weighted by atomic mass is 10.7. The Kier molecular flexibility index (Phi) is 6.25. The van der Waals surface area contributed by atoms with Gasteiger partial charge in [0, 0.05) is 0 Å². The van der Waals surface area contributed by atoms with Gasteiger partial charge in [-0.25, -0.2) is 0 Å². The van der Waals surface area contributed by atoms with Crippen LogP contribution in [0.1, 0.15) is 0 Å². The van der Waals surface area contributed by atoms with Crippen LogP contribution in [0.15, 0.2) is 4.41 Å². The SMILES string of the molecule is C[Si](C)(C)N=[P+](OCC(F)(F)F)OCC(F)(F)F. The average molecular weight is 316 g/mol. The molecular weight excluding hydrogens is 303 g/mol. The van der Waals surface area contributed by atoms with Gasteiger partial charge in [0.15, 0.2) is 13.2 Å². The van der Waals surface area contributed by atoms with E-state index in [4.69, 9.17) is 0 Å². The van der Waals surface area contributed by atoms with E-state index in [0.29, 0.717) is 0 Å². The lowest BCUT2D eigenvalue weighted by Crippen LogP contribution is -2.19. The normalized spacial score (nSPS) is 13.6. The van der Waals surface area contributed by atoms with Gasteiger partial charge in [0.2, 0.25) is 8.24 Å². The van der Waals surface area contributed by atoms with Crippen LogP contribution in [0.25, 0.3) is 0 Å². The number of hydrogen-bond donors (Lipinski definition) is 0. The second-order valence-corrected chi connectivity index (χ2v) is 10.4. The summed E-state index contributed by atoms with van der Waals surface area (Å²) in [4.78, 5) is 0. The summed E-state index contributed by atoms with van der Waals surface area (Å²) in [5.74, 6) is 0. The molecule has 0 heterocycles. The van der Waals surface area contributed by atoms with E-state index in [9.17, 15) is 26.3 Å². The van der Waals surface area contributed by atoms with Crippen LogP contribution >= 0.6 is 8.17 Å². The van der Waals surface area contributed by atoms with Crippen LogP contribution in [0.2, 0.25) is 19.6 Å². The van der Waals surface area contributed by atoms with Crippen molar-refractivity contribution in [3.63, 3.8) is 0 Å². The second-order valence-electron chi connectivity index (χ2n) is 4.29. The van der Waals surface area contributed by atoms with Crippen molar-refractivity contribution in [1.82, 2.24) is 0 Å². The van der Waals surface area contributed by atoms with Crippen molar-refractivity contribution in [3.8, 4) is 0 Å². The highest BCUT2D eigenvalue weighted by Crippen LogP contribution is 2.36. The lowest BCUT2D eigenvalue weighted by Gasteiger charge is -2.06. The maximum Gasteiger partial charge on any atom is 0.549 e. The van der Waals surface area contributed by atoms with E-state index < -0.39 is 42.0 Å². The topological polar surface area (TPSA) is 30.8 Å². The molecule has 0 N–H and O–H groups in total. The maximum absolute atomic E-state index is 11.9. The highest BCUT2D eigenvalue weighted by Gasteiger charge is 2.39. The molecule has 0 unspecified atom stereocenters. The molecule has 0 radical (unpaired) electrons. The molecule has 0 aliphatic carbocycles. The first-order valence-corrected chi connectivity index (χ1v) is 9.28. The molecule has 0 rings (SSSR count). The van der Waals surface area contributed by atoms with E-state index in [0.717, 1.165) is 0 Å². The highest BCUT2D eigenvalue weighted by atomic mass is 31.1. The Morgan fingerprint density at radius 3 is 1.44 bits per heavy atom. The zero-order valence-electron chi connectivity index (χ0n) is 9.89. The third-order valence-electron chi connectivity index (χ3n) is 1.06. The monoisotopic (exact) mass is 316 g/mol. The van der Waals surface area contributed by atoms with E-state index in [2.05, 4.69) is 13.5 Å². The third-order valence-corrected chi connectivity index (χ3v) is 4.81. The molecule has 0 aliphatic rings. The van der Waals surface area contributed by atoms with E-state index in [1.54, 1.807) is 19.6 Å². The predicted molar refractivity (Wildman–Crippen MR) is 56.7 cm³/mol. The molecule has 0 atom stereocenters. The molecular formula is C7H13F6NO2PSi+. The molecule has 0 saturated heterocycles. The van der Waals surface area contributed by atoms with E-state index in [-0.39, 0.29) is 0 Å². The predicted octanol–water partition coefficient (Wildman–Crippen LogP) is 4.47. The van der Waals surface area contributed by atoms with Crippen molar-refractivity contribution in [3.05, 3.63) is 0 Å². The van der Waals surface area contributed by atoms with Crippen LogP contribution in [0.3, 0.4) is 0 Å². The van der Waals surface area contributed by atoms with Crippen molar-refractivity contribution >= 4 is 16.4 Å². The zero-order valence-corrected chi connectivity index (χ0v) is 11.8. The van der Waals surface area contributed by atoms with Crippen LogP contribution < -0.4 is 0 Å². The summed E-state index contributed by atoms with van der Waals surface area (Å²) in [6, 6.07) is 0. The smallest absolute Gasteiger partial charge is 0.168 e. The quantitative estimate of drug-likeness (QED) is 0.425. The van der Waals surface area contributed by atoms with E-state index in [1.807, 2.05) is 0 Å². The van der Waals surface area contributed by atoms with Gasteiger partial charge in [0.05, 0.1) is 0 Å². The van der Waals surface area contributed by atoms with Gasteiger partial charge in [-0.15, -0.1) is 13.5 Å². The molecule has 108 valence electrons. The van der Waals surface area contributed by atoms with Crippen molar-refractivity contribution in [2.24, 2.45) is 4.41 Å². The van der Waals surface area contributed by atoms with Gasteiger partial charge in [0.25, 0.3) is 0 Å². The number of rotatable bonds is 5. The fourth-order valence-corrected chi connectivity index (χ4v) is 3.61. The third kappa shape index (κ3) is 12.3. The minimum absolute atomic E-state index is 1.65. The molecule has 0 amide bonds. The first-order chi connectivity index (χ1) is 7.79. The largest absolute Gasteiger partial charge is 0.549 e. The Morgan fingerprint density at radius 2 is 1.22 bits per heavy atom. The van der Waals surface area contributed by atoms with Crippen molar-refractivity contribution in [1.29, 1.82) is 0 Å². The summed E-state index contributed by atoms with van der Waals surface area (Å²) in [7, 11) is -4.77. The average Bonchev–Trinajstić information content (AvgIpc) is 2.05. The molecule has 0 fully saturated rings. The molecule has 0 aliphatic heterocycles. The van der Waals surface area contributed by atoms with Gasteiger partial charge < -0.3 is 0 Å². The molecule has 11 heteroatoms. The minimum atomic E-state index is -4.63. The van der Waals surface area contributed by atoms with Crippen LogP contribution in [0.5, 0.6) is 0 Å². The summed E-state index contributed by atoms with van der Waals surface area (Å²) in [6.07, 6.45) is -9.26. The Bertz CT molecular complexity index is 278. The standard InChI is InChI=1S/C7H13F6NO2PSi/c1-18(2,3)14-17(15-4-6(8,9)10)16-5-7(11,12)13/h4-5H2,1-3H3/q+1. The summed E-state index contributed by atoms with van der Waals surface area (Å²) >= 11 is 0. The first kappa shape index (κ1) is 17.8. The van der Waals surface area contributed by atoms with Gasteiger partial charge in [-0.3, -0.25) is 0 Å². The summed E-state index contributed by atoms with van der Waals surface area (Å²) < 4.78 is 83.7. The Morgan fingerprint density at radius 1 is 0.889 bits per heavy atom. The number of alkyl halides is 6. The first-order valence-electron chi connectivity index (χ1n) is 4.71. The van der Waals surface area contributed by atoms with Gasteiger partial charge in [-0.05, 0) is 19.6 Å². The van der Waals surface area contributed by atoms with Gasteiger partial charge in [-0.1, -0.05) is 0 Å². The number of nitrogens with zero attached hydrogens (tertiary/aromatic N) is 1. The minimum Gasteiger partial charge on any atom is -0.168 e. The Hall–Kier alpha value is -0.183. The Labute approximate surface area is 102 Å². The molecule has 0 saturated carbocycles. The summed E-state index contributed by atoms with van der Waals surface area (Å²) in [5, 5.41) is 0. The van der Waals surface area contributed by atoms with E-state index in [1.165, 1.54) is 0 Å². The molecule has 0 aromatic rings. The van der Waals surface area contributed by atoms with Crippen LogP contribution in [0, 0.1) is 0 Å². The highest BCUT2D eigenvalue weighted by molar-refractivity contribution is 7.38. The number of halogens is 6. The molecule has 18 heavy (non-hydrogen) atoms.